The molecule has 0 aromatic heterocycles. The van der Waals surface area contributed by atoms with Crippen LogP contribution in [-0.2, 0) is 24.6 Å². The van der Waals surface area contributed by atoms with Gasteiger partial charge in [0.25, 0.3) is 10.1 Å². The molecule has 2 aliphatic heterocycles. The molecule has 6 nitrogen and oxygen atoms in total. The van der Waals surface area contributed by atoms with E-state index in [1.54, 1.807) is 16.7 Å². The highest BCUT2D eigenvalue weighted by molar-refractivity contribution is 8.01. The minimum Gasteiger partial charge on any atom is -0.320 e. The van der Waals surface area contributed by atoms with Crippen molar-refractivity contribution in [3.05, 3.63) is 108 Å². The number of nitrogens with one attached hydrogen (secondary N) is 1. The lowest BCUT2D eigenvalue weighted by Crippen LogP contribution is -2.72. The van der Waals surface area contributed by atoms with Crippen LogP contribution >= 0.6 is 11.8 Å². The molecule has 3 aromatic rings. The number of thioether (sulfide) groups is 1. The van der Waals surface area contributed by atoms with Crippen molar-refractivity contribution in [2.75, 3.05) is 12.9 Å². The molecule has 2 aliphatic rings. The van der Waals surface area contributed by atoms with Gasteiger partial charge in [-0.2, -0.15) is 8.42 Å². The zero-order valence-corrected chi connectivity index (χ0v) is 22.1. The van der Waals surface area contributed by atoms with E-state index in [9.17, 15) is 13.2 Å². The van der Waals surface area contributed by atoms with Crippen LogP contribution in [0, 0.1) is 0 Å². The second-order valence-corrected chi connectivity index (χ2v) is 13.2. The van der Waals surface area contributed by atoms with E-state index in [1.165, 1.54) is 0 Å². The standard InChI is InChI=1S/C28H30N2O4S2/c1-27(2)23(19-34-36(3,32)33)30-25(31)24(26(30)35-27)29-28(20-13-7-4-8-14-20,21-15-9-5-10-16-21)22-17-11-6-12-18-22/h4-18,23-24,26,29H,19H2,1-3H3. The Morgan fingerprint density at radius 3 is 1.75 bits per heavy atom. The molecule has 0 aliphatic carbocycles. The van der Waals surface area contributed by atoms with Crippen LogP contribution in [0.15, 0.2) is 91.0 Å². The second-order valence-electron chi connectivity index (χ2n) is 9.83. The zero-order valence-electron chi connectivity index (χ0n) is 20.5. The van der Waals surface area contributed by atoms with E-state index in [1.807, 2.05) is 68.4 Å². The molecule has 3 atom stereocenters. The smallest absolute Gasteiger partial charge is 0.264 e. The summed E-state index contributed by atoms with van der Waals surface area (Å²) in [7, 11) is -3.61. The largest absolute Gasteiger partial charge is 0.320 e. The number of carbonyl (C=O) groups excluding carboxylic acids is 1. The van der Waals surface area contributed by atoms with Gasteiger partial charge in [0, 0.05) is 4.75 Å². The average Bonchev–Trinajstić information content (AvgIpc) is 3.11. The minimum atomic E-state index is -3.61. The lowest BCUT2D eigenvalue weighted by Gasteiger charge is -2.49. The van der Waals surface area contributed by atoms with E-state index in [2.05, 4.69) is 41.7 Å². The first kappa shape index (κ1) is 25.0. The highest BCUT2D eigenvalue weighted by atomic mass is 32.2. The predicted molar refractivity (Wildman–Crippen MR) is 143 cm³/mol. The number of hydrogen-bond donors (Lipinski definition) is 1. The Morgan fingerprint density at radius 1 is 0.889 bits per heavy atom. The first-order chi connectivity index (χ1) is 17.1. The Bertz CT molecular complexity index is 1240. The molecule has 3 aromatic carbocycles. The highest BCUT2D eigenvalue weighted by Crippen LogP contribution is 2.52. The van der Waals surface area contributed by atoms with E-state index >= 15 is 0 Å². The van der Waals surface area contributed by atoms with Crippen LogP contribution in [0.2, 0.25) is 0 Å². The van der Waals surface area contributed by atoms with Gasteiger partial charge in [-0.25, -0.2) is 0 Å². The molecule has 0 spiro atoms. The maximum atomic E-state index is 13.7. The summed E-state index contributed by atoms with van der Waals surface area (Å²) in [5.41, 5.74) is 2.34. The maximum absolute atomic E-state index is 13.7. The molecule has 2 saturated heterocycles. The Kier molecular flexibility index (Phi) is 6.49. The molecule has 8 heteroatoms. The third-order valence-electron chi connectivity index (χ3n) is 7.08. The monoisotopic (exact) mass is 522 g/mol. The van der Waals surface area contributed by atoms with Gasteiger partial charge in [0.1, 0.15) is 11.4 Å². The van der Waals surface area contributed by atoms with Crippen molar-refractivity contribution in [2.45, 2.75) is 41.6 Å². The Morgan fingerprint density at radius 2 is 1.33 bits per heavy atom. The summed E-state index contributed by atoms with van der Waals surface area (Å²) < 4.78 is 28.1. The zero-order chi connectivity index (χ0) is 25.6. The van der Waals surface area contributed by atoms with Crippen LogP contribution in [-0.4, -0.2) is 54.3 Å². The third kappa shape index (κ3) is 4.36. The lowest BCUT2D eigenvalue weighted by atomic mass is 9.76. The van der Waals surface area contributed by atoms with E-state index in [4.69, 9.17) is 4.18 Å². The number of β-lactam (4-membered cyclic amide) rings is 1. The van der Waals surface area contributed by atoms with Gasteiger partial charge >= 0.3 is 0 Å². The van der Waals surface area contributed by atoms with Crippen LogP contribution in [0.1, 0.15) is 30.5 Å². The molecular weight excluding hydrogens is 492 g/mol. The summed E-state index contributed by atoms with van der Waals surface area (Å²) >= 11 is 1.68. The Labute approximate surface area is 217 Å². The van der Waals surface area contributed by atoms with Crippen LogP contribution < -0.4 is 5.32 Å². The quantitative estimate of drug-likeness (QED) is 0.274. The van der Waals surface area contributed by atoms with Gasteiger partial charge in [0.15, 0.2) is 0 Å². The number of hydrogen-bond acceptors (Lipinski definition) is 6. The number of carbonyl (C=O) groups is 1. The van der Waals surface area contributed by atoms with Crippen molar-refractivity contribution in [3.8, 4) is 0 Å². The number of nitrogens with zero attached hydrogens (tertiary/aromatic N) is 1. The maximum Gasteiger partial charge on any atom is 0.264 e. The molecule has 2 fully saturated rings. The van der Waals surface area contributed by atoms with Gasteiger partial charge < -0.3 is 4.90 Å². The normalized spacial score (nSPS) is 23.2. The minimum absolute atomic E-state index is 0.0466. The molecule has 36 heavy (non-hydrogen) atoms. The van der Waals surface area contributed by atoms with E-state index in [-0.39, 0.29) is 28.7 Å². The van der Waals surface area contributed by atoms with Crippen molar-refractivity contribution in [1.29, 1.82) is 0 Å². The molecule has 3 unspecified atom stereocenters. The fourth-order valence-corrected chi connectivity index (χ4v) is 7.34. The molecule has 188 valence electrons. The molecule has 0 bridgehead atoms. The third-order valence-corrected chi connectivity index (χ3v) is 9.26. The van der Waals surface area contributed by atoms with E-state index in [0.717, 1.165) is 22.9 Å². The van der Waals surface area contributed by atoms with Crippen LogP contribution in [0.5, 0.6) is 0 Å². The summed E-state index contributed by atoms with van der Waals surface area (Å²) in [5, 5.41) is 3.65. The number of amides is 1. The summed E-state index contributed by atoms with van der Waals surface area (Å²) in [5.74, 6) is -0.0488. The van der Waals surface area contributed by atoms with Crippen LogP contribution in [0.3, 0.4) is 0 Å². The van der Waals surface area contributed by atoms with Gasteiger partial charge in [-0.3, -0.25) is 14.3 Å². The lowest BCUT2D eigenvalue weighted by molar-refractivity contribution is -0.150. The summed E-state index contributed by atoms with van der Waals surface area (Å²) in [6, 6.07) is 29.8. The fourth-order valence-electron chi connectivity index (χ4n) is 5.32. The van der Waals surface area contributed by atoms with Gasteiger partial charge in [0.2, 0.25) is 5.91 Å². The second kappa shape index (κ2) is 9.34. The van der Waals surface area contributed by atoms with Crippen molar-refractivity contribution in [3.63, 3.8) is 0 Å². The number of fused-ring (bicyclic) bond motifs is 1. The van der Waals surface area contributed by atoms with Crippen LogP contribution in [0.4, 0.5) is 0 Å². The molecule has 1 amide bonds. The van der Waals surface area contributed by atoms with E-state index < -0.39 is 21.7 Å². The fraction of sp³-hybridized carbons (Fsp3) is 0.321. The SMILES string of the molecule is CC1(C)SC2C(NC(c3ccccc3)(c3ccccc3)c3ccccc3)C(=O)N2C1COS(C)(=O)=O. The summed E-state index contributed by atoms with van der Waals surface area (Å²) in [6.07, 6.45) is 1.04. The topological polar surface area (TPSA) is 75.7 Å². The Hall–Kier alpha value is -2.65. The molecular formula is C28H30N2O4S2. The van der Waals surface area contributed by atoms with Gasteiger partial charge in [-0.1, -0.05) is 91.0 Å². The molecule has 2 heterocycles. The first-order valence-electron chi connectivity index (χ1n) is 11.9. The summed E-state index contributed by atoms with van der Waals surface area (Å²) in [6.45, 7) is 4.03. The number of benzene rings is 3. The Balaban J connectivity index is 1.56. The van der Waals surface area contributed by atoms with Gasteiger partial charge in [-0.15, -0.1) is 11.8 Å². The van der Waals surface area contributed by atoms with Crippen molar-refractivity contribution in [1.82, 2.24) is 10.2 Å². The van der Waals surface area contributed by atoms with E-state index in [0.29, 0.717) is 0 Å². The molecule has 5 rings (SSSR count). The highest BCUT2D eigenvalue weighted by Gasteiger charge is 2.63. The van der Waals surface area contributed by atoms with Crippen LogP contribution in [0.25, 0.3) is 0 Å². The average molecular weight is 523 g/mol. The van der Waals surface area contributed by atoms with Gasteiger partial charge in [-0.05, 0) is 30.5 Å². The van der Waals surface area contributed by atoms with Crippen molar-refractivity contribution < 1.29 is 17.4 Å². The number of rotatable bonds is 8. The van der Waals surface area contributed by atoms with Gasteiger partial charge in [0.05, 0.1) is 24.4 Å². The molecule has 1 N–H and O–H groups in total. The van der Waals surface area contributed by atoms with Crippen molar-refractivity contribution in [2.24, 2.45) is 0 Å². The molecule has 0 saturated carbocycles. The predicted octanol–water partition coefficient (Wildman–Crippen LogP) is 3.98. The summed E-state index contributed by atoms with van der Waals surface area (Å²) in [4.78, 5) is 15.5. The van der Waals surface area contributed by atoms with Crippen molar-refractivity contribution >= 4 is 27.8 Å². The molecule has 0 radical (unpaired) electrons. The first-order valence-corrected chi connectivity index (χ1v) is 14.6.